The molecule has 0 unspecified atom stereocenters. The van der Waals surface area contributed by atoms with E-state index < -0.39 is 5.91 Å². The maximum absolute atomic E-state index is 11.0. The SMILES string of the molecule is CSCc1cc(C(=O)NN)oc1C. The molecule has 0 spiro atoms. The van der Waals surface area contributed by atoms with E-state index in [4.69, 9.17) is 10.3 Å². The molecule has 1 rings (SSSR count). The summed E-state index contributed by atoms with van der Waals surface area (Å²) in [6.45, 7) is 1.83. The predicted molar refractivity (Wildman–Crippen MR) is 52.3 cm³/mol. The molecule has 13 heavy (non-hydrogen) atoms. The van der Waals surface area contributed by atoms with Gasteiger partial charge in [-0.25, -0.2) is 5.84 Å². The van der Waals surface area contributed by atoms with E-state index in [1.165, 1.54) is 0 Å². The predicted octanol–water partition coefficient (Wildman–Crippen LogP) is 1.05. The number of carbonyl (C=O) groups is 1. The molecular formula is C8H12N2O2S. The second-order valence-electron chi connectivity index (χ2n) is 2.60. The van der Waals surface area contributed by atoms with Crippen molar-refractivity contribution in [3.05, 3.63) is 23.2 Å². The van der Waals surface area contributed by atoms with Crippen LogP contribution in [-0.2, 0) is 5.75 Å². The standard InChI is InChI=1S/C8H12N2O2S/c1-5-6(4-13-2)3-7(12-5)8(11)10-9/h3H,4,9H2,1-2H3,(H,10,11). The molecule has 0 aliphatic heterocycles. The van der Waals surface area contributed by atoms with Gasteiger partial charge < -0.3 is 4.42 Å². The first-order chi connectivity index (χ1) is 6.19. The average molecular weight is 200 g/mol. The fraction of sp³-hybridized carbons (Fsp3) is 0.375. The summed E-state index contributed by atoms with van der Waals surface area (Å²) in [5.74, 6) is 6.46. The van der Waals surface area contributed by atoms with Crippen molar-refractivity contribution in [3.63, 3.8) is 0 Å². The van der Waals surface area contributed by atoms with E-state index in [0.29, 0.717) is 0 Å². The van der Waals surface area contributed by atoms with Gasteiger partial charge in [0.1, 0.15) is 5.76 Å². The number of rotatable bonds is 3. The largest absolute Gasteiger partial charge is 0.456 e. The zero-order valence-electron chi connectivity index (χ0n) is 7.59. The summed E-state index contributed by atoms with van der Waals surface area (Å²) in [7, 11) is 0. The van der Waals surface area contributed by atoms with Gasteiger partial charge in [-0.2, -0.15) is 11.8 Å². The number of nitrogen functional groups attached to an aromatic ring is 1. The van der Waals surface area contributed by atoms with Crippen LogP contribution >= 0.6 is 11.8 Å². The molecule has 0 atom stereocenters. The minimum absolute atomic E-state index is 0.268. The number of furan rings is 1. The Morgan fingerprint density at radius 3 is 3.00 bits per heavy atom. The third-order valence-electron chi connectivity index (χ3n) is 1.68. The second kappa shape index (κ2) is 4.34. The summed E-state index contributed by atoms with van der Waals surface area (Å²) in [5, 5.41) is 0. The Hall–Kier alpha value is -0.940. The Morgan fingerprint density at radius 2 is 2.46 bits per heavy atom. The van der Waals surface area contributed by atoms with Crippen molar-refractivity contribution in [1.82, 2.24) is 5.43 Å². The van der Waals surface area contributed by atoms with Crippen LogP contribution in [0.5, 0.6) is 0 Å². The van der Waals surface area contributed by atoms with E-state index in [1.807, 2.05) is 18.6 Å². The van der Waals surface area contributed by atoms with E-state index >= 15 is 0 Å². The van der Waals surface area contributed by atoms with E-state index in [2.05, 4.69) is 0 Å². The maximum atomic E-state index is 11.0. The highest BCUT2D eigenvalue weighted by molar-refractivity contribution is 7.97. The fourth-order valence-electron chi connectivity index (χ4n) is 1.00. The first kappa shape index (κ1) is 10.1. The van der Waals surface area contributed by atoms with Crippen molar-refractivity contribution >= 4 is 17.7 Å². The van der Waals surface area contributed by atoms with Gasteiger partial charge in [0.15, 0.2) is 5.76 Å². The number of hydrazine groups is 1. The number of nitrogens with one attached hydrogen (secondary N) is 1. The number of carbonyl (C=O) groups excluding carboxylic acids is 1. The van der Waals surface area contributed by atoms with Crippen LogP contribution in [0.25, 0.3) is 0 Å². The van der Waals surface area contributed by atoms with Gasteiger partial charge in [-0.1, -0.05) is 0 Å². The van der Waals surface area contributed by atoms with Gasteiger partial charge in [0.25, 0.3) is 0 Å². The average Bonchev–Trinajstić information content (AvgIpc) is 2.47. The Labute approximate surface area is 80.8 Å². The van der Waals surface area contributed by atoms with E-state index in [9.17, 15) is 4.79 Å². The molecule has 5 heteroatoms. The molecule has 0 saturated carbocycles. The first-order valence-electron chi connectivity index (χ1n) is 3.78. The lowest BCUT2D eigenvalue weighted by Gasteiger charge is -1.91. The van der Waals surface area contributed by atoms with Crippen LogP contribution in [0.4, 0.5) is 0 Å². The first-order valence-corrected chi connectivity index (χ1v) is 5.17. The molecule has 0 fully saturated rings. The van der Waals surface area contributed by atoms with E-state index in [0.717, 1.165) is 17.1 Å². The molecule has 72 valence electrons. The van der Waals surface area contributed by atoms with Gasteiger partial charge in [0.05, 0.1) is 0 Å². The number of amides is 1. The van der Waals surface area contributed by atoms with Gasteiger partial charge in [0, 0.05) is 11.3 Å². The molecular weight excluding hydrogens is 188 g/mol. The normalized spacial score (nSPS) is 10.1. The minimum atomic E-state index is -0.393. The van der Waals surface area contributed by atoms with Crippen molar-refractivity contribution in [2.45, 2.75) is 12.7 Å². The highest BCUT2D eigenvalue weighted by atomic mass is 32.2. The van der Waals surface area contributed by atoms with E-state index in [1.54, 1.807) is 17.8 Å². The van der Waals surface area contributed by atoms with Crippen LogP contribution in [-0.4, -0.2) is 12.2 Å². The molecule has 0 radical (unpaired) electrons. The molecule has 1 aromatic rings. The fourth-order valence-corrected chi connectivity index (χ4v) is 1.60. The van der Waals surface area contributed by atoms with Crippen LogP contribution in [0.1, 0.15) is 21.9 Å². The molecule has 4 nitrogen and oxygen atoms in total. The molecule has 0 aliphatic rings. The van der Waals surface area contributed by atoms with Gasteiger partial charge >= 0.3 is 5.91 Å². The Bertz CT molecular complexity index is 309. The zero-order valence-corrected chi connectivity index (χ0v) is 8.40. The number of aryl methyl sites for hydroxylation is 1. The summed E-state index contributed by atoms with van der Waals surface area (Å²) in [5.41, 5.74) is 3.06. The lowest BCUT2D eigenvalue weighted by Crippen LogP contribution is -2.29. The molecule has 1 amide bonds. The van der Waals surface area contributed by atoms with Crippen LogP contribution in [0, 0.1) is 6.92 Å². The molecule has 0 saturated heterocycles. The summed E-state index contributed by atoms with van der Waals surface area (Å²) >= 11 is 1.68. The number of nitrogens with two attached hydrogens (primary N) is 1. The zero-order chi connectivity index (χ0) is 9.84. The summed E-state index contributed by atoms with van der Waals surface area (Å²) in [6.07, 6.45) is 2.00. The molecule has 1 heterocycles. The maximum Gasteiger partial charge on any atom is 0.300 e. The lowest BCUT2D eigenvalue weighted by atomic mass is 10.3. The van der Waals surface area contributed by atoms with Crippen LogP contribution < -0.4 is 11.3 Å². The monoisotopic (exact) mass is 200 g/mol. The quantitative estimate of drug-likeness (QED) is 0.435. The topological polar surface area (TPSA) is 68.3 Å². The smallest absolute Gasteiger partial charge is 0.300 e. The molecule has 1 aromatic heterocycles. The van der Waals surface area contributed by atoms with Crippen molar-refractivity contribution in [1.29, 1.82) is 0 Å². The molecule has 0 aliphatic carbocycles. The minimum Gasteiger partial charge on any atom is -0.456 e. The molecule has 0 bridgehead atoms. The van der Waals surface area contributed by atoms with Crippen LogP contribution in [0.15, 0.2) is 10.5 Å². The molecule has 0 aromatic carbocycles. The van der Waals surface area contributed by atoms with Crippen molar-refractivity contribution in [2.24, 2.45) is 5.84 Å². The van der Waals surface area contributed by atoms with Crippen LogP contribution in [0.3, 0.4) is 0 Å². The Morgan fingerprint density at radius 1 is 1.77 bits per heavy atom. The van der Waals surface area contributed by atoms with Gasteiger partial charge in [-0.05, 0) is 19.2 Å². The summed E-state index contributed by atoms with van der Waals surface area (Å²) in [4.78, 5) is 11.0. The summed E-state index contributed by atoms with van der Waals surface area (Å²) < 4.78 is 5.21. The van der Waals surface area contributed by atoms with Crippen molar-refractivity contribution in [3.8, 4) is 0 Å². The molecule has 3 N–H and O–H groups in total. The Kier molecular flexibility index (Phi) is 3.39. The third kappa shape index (κ3) is 2.26. The van der Waals surface area contributed by atoms with Gasteiger partial charge in [0.2, 0.25) is 0 Å². The van der Waals surface area contributed by atoms with Gasteiger partial charge in [-0.15, -0.1) is 0 Å². The number of hydrogen-bond donors (Lipinski definition) is 2. The highest BCUT2D eigenvalue weighted by Gasteiger charge is 2.12. The lowest BCUT2D eigenvalue weighted by molar-refractivity contribution is 0.0924. The van der Waals surface area contributed by atoms with Crippen molar-refractivity contribution < 1.29 is 9.21 Å². The van der Waals surface area contributed by atoms with Crippen molar-refractivity contribution in [2.75, 3.05) is 6.26 Å². The van der Waals surface area contributed by atoms with E-state index in [-0.39, 0.29) is 5.76 Å². The summed E-state index contributed by atoms with van der Waals surface area (Å²) in [6, 6.07) is 1.72. The number of hydrogen-bond acceptors (Lipinski definition) is 4. The van der Waals surface area contributed by atoms with Gasteiger partial charge in [-0.3, -0.25) is 10.2 Å². The highest BCUT2D eigenvalue weighted by Crippen LogP contribution is 2.18. The number of thioether (sulfide) groups is 1. The Balaban J connectivity index is 2.88. The second-order valence-corrected chi connectivity index (χ2v) is 3.46. The van der Waals surface area contributed by atoms with Crippen LogP contribution in [0.2, 0.25) is 0 Å². The third-order valence-corrected chi connectivity index (χ3v) is 2.27.